The second-order valence-electron chi connectivity index (χ2n) is 4.20. The zero-order valence-electron chi connectivity index (χ0n) is 11.2. The van der Waals surface area contributed by atoms with Gasteiger partial charge in [-0.05, 0) is 19.3 Å². The van der Waals surface area contributed by atoms with Gasteiger partial charge in [-0.15, -0.1) is 23.7 Å². The van der Waals surface area contributed by atoms with Crippen molar-refractivity contribution in [3.05, 3.63) is 0 Å². The van der Waals surface area contributed by atoms with Crippen LogP contribution in [-0.2, 0) is 0 Å². The fraction of sp³-hybridized carbons (Fsp3) is 0.750. The highest BCUT2D eigenvalue weighted by Gasteiger charge is 1.86. The summed E-state index contributed by atoms with van der Waals surface area (Å²) >= 11 is 0. The topological polar surface area (TPSA) is 20.2 Å². The molecule has 0 aromatic carbocycles. The van der Waals surface area contributed by atoms with Gasteiger partial charge in [0, 0.05) is 32.3 Å². The molecule has 0 saturated carbocycles. The maximum atomic E-state index is 8.60. The van der Waals surface area contributed by atoms with Crippen LogP contribution in [-0.4, -0.2) is 11.7 Å². The van der Waals surface area contributed by atoms with Crippen LogP contribution < -0.4 is 0 Å². The molecule has 0 saturated heterocycles. The second-order valence-corrected chi connectivity index (χ2v) is 4.20. The fourth-order valence-corrected chi connectivity index (χ4v) is 1.42. The Bertz CT molecular complexity index is 259. The molecule has 17 heavy (non-hydrogen) atoms. The van der Waals surface area contributed by atoms with Gasteiger partial charge in [0.05, 0.1) is 0 Å². The Labute approximate surface area is 107 Å². The van der Waals surface area contributed by atoms with Gasteiger partial charge in [0.1, 0.15) is 0 Å². The summed E-state index contributed by atoms with van der Waals surface area (Å²) in [5, 5.41) is 8.60. The van der Waals surface area contributed by atoms with Gasteiger partial charge in [-0.25, -0.2) is 0 Å². The number of unbranched alkanes of at least 4 members (excludes halogenated alkanes) is 7. The highest BCUT2D eigenvalue weighted by molar-refractivity contribution is 5.05. The summed E-state index contributed by atoms with van der Waals surface area (Å²) in [4.78, 5) is 0. The van der Waals surface area contributed by atoms with Gasteiger partial charge in [-0.3, -0.25) is 0 Å². The van der Waals surface area contributed by atoms with Crippen LogP contribution in [0, 0.1) is 23.7 Å². The second kappa shape index (κ2) is 15.1. The minimum Gasteiger partial charge on any atom is -0.396 e. The smallest absolute Gasteiger partial charge is 0.0431 e. The lowest BCUT2D eigenvalue weighted by atomic mass is 10.1. The van der Waals surface area contributed by atoms with Crippen LogP contribution in [0.4, 0.5) is 0 Å². The first kappa shape index (κ1) is 16.1. The van der Waals surface area contributed by atoms with Crippen LogP contribution in [0.15, 0.2) is 0 Å². The molecule has 1 nitrogen and oxygen atoms in total. The van der Waals surface area contributed by atoms with E-state index in [2.05, 4.69) is 30.6 Å². The summed E-state index contributed by atoms with van der Waals surface area (Å²) < 4.78 is 0. The van der Waals surface area contributed by atoms with Crippen molar-refractivity contribution in [2.75, 3.05) is 6.61 Å². The van der Waals surface area contributed by atoms with E-state index in [1.807, 2.05) is 0 Å². The standard InChI is InChI=1S/C16H26O/c1-2-3-4-5-6-7-8-9-10-11-12-13-14-15-16-17/h17H,2-4,7-8,11-16H2,1H3. The molecule has 0 rings (SSSR count). The van der Waals surface area contributed by atoms with Gasteiger partial charge in [0.25, 0.3) is 0 Å². The molecule has 1 heteroatoms. The molecule has 0 aliphatic heterocycles. The van der Waals surface area contributed by atoms with Crippen molar-refractivity contribution >= 4 is 0 Å². The first-order valence-electron chi connectivity index (χ1n) is 6.94. The third kappa shape index (κ3) is 15.1. The number of rotatable bonds is 8. The zero-order valence-corrected chi connectivity index (χ0v) is 11.2. The first-order chi connectivity index (χ1) is 8.41. The third-order valence-electron chi connectivity index (χ3n) is 2.49. The number of hydrogen-bond donors (Lipinski definition) is 1. The van der Waals surface area contributed by atoms with E-state index in [1.54, 1.807) is 0 Å². The van der Waals surface area contributed by atoms with Crippen LogP contribution in [0.3, 0.4) is 0 Å². The molecule has 0 bridgehead atoms. The molecule has 0 spiro atoms. The van der Waals surface area contributed by atoms with Crippen LogP contribution in [0.2, 0.25) is 0 Å². The Morgan fingerprint density at radius 2 is 1.18 bits per heavy atom. The molecule has 0 amide bonds. The minimum atomic E-state index is 0.322. The molecule has 0 aliphatic rings. The largest absolute Gasteiger partial charge is 0.396 e. The minimum absolute atomic E-state index is 0.322. The maximum Gasteiger partial charge on any atom is 0.0431 e. The quantitative estimate of drug-likeness (QED) is 0.499. The lowest BCUT2D eigenvalue weighted by molar-refractivity contribution is 0.282. The molecule has 0 unspecified atom stereocenters. The van der Waals surface area contributed by atoms with Crippen molar-refractivity contribution in [1.29, 1.82) is 0 Å². The van der Waals surface area contributed by atoms with E-state index in [9.17, 15) is 0 Å². The summed E-state index contributed by atoms with van der Waals surface area (Å²) in [6.07, 6.45) is 10.7. The van der Waals surface area contributed by atoms with E-state index in [4.69, 9.17) is 5.11 Å². The molecule has 0 aromatic rings. The number of aliphatic hydroxyl groups excluding tert-OH is 1. The Kier molecular flexibility index (Phi) is 14.3. The molecule has 0 atom stereocenters. The Hall–Kier alpha value is -0.920. The van der Waals surface area contributed by atoms with Crippen molar-refractivity contribution in [1.82, 2.24) is 0 Å². The Morgan fingerprint density at radius 3 is 1.76 bits per heavy atom. The van der Waals surface area contributed by atoms with Crippen molar-refractivity contribution in [2.24, 2.45) is 0 Å². The van der Waals surface area contributed by atoms with Crippen LogP contribution in [0.5, 0.6) is 0 Å². The molecule has 0 aliphatic carbocycles. The molecule has 96 valence electrons. The summed E-state index contributed by atoms with van der Waals surface area (Å²) in [6.45, 7) is 2.51. The molecule has 0 heterocycles. The van der Waals surface area contributed by atoms with Gasteiger partial charge in [-0.1, -0.05) is 26.2 Å². The van der Waals surface area contributed by atoms with E-state index in [0.29, 0.717) is 6.61 Å². The van der Waals surface area contributed by atoms with Gasteiger partial charge in [0.15, 0.2) is 0 Å². The highest BCUT2D eigenvalue weighted by Crippen LogP contribution is 2.01. The molecule has 0 radical (unpaired) electrons. The van der Waals surface area contributed by atoms with Crippen LogP contribution in [0.1, 0.15) is 71.1 Å². The first-order valence-corrected chi connectivity index (χ1v) is 6.94. The third-order valence-corrected chi connectivity index (χ3v) is 2.49. The molecule has 1 N–H and O–H groups in total. The van der Waals surface area contributed by atoms with Gasteiger partial charge in [0.2, 0.25) is 0 Å². The molecular weight excluding hydrogens is 208 g/mol. The van der Waals surface area contributed by atoms with E-state index in [-0.39, 0.29) is 0 Å². The summed E-state index contributed by atoms with van der Waals surface area (Å²) in [5.41, 5.74) is 0. The fourth-order valence-electron chi connectivity index (χ4n) is 1.42. The van der Waals surface area contributed by atoms with Crippen LogP contribution >= 0.6 is 0 Å². The van der Waals surface area contributed by atoms with Crippen LogP contribution in [0.25, 0.3) is 0 Å². The maximum absolute atomic E-state index is 8.60. The van der Waals surface area contributed by atoms with Crippen molar-refractivity contribution in [2.45, 2.75) is 71.1 Å². The van der Waals surface area contributed by atoms with Gasteiger partial charge in [-0.2, -0.15) is 0 Å². The Morgan fingerprint density at radius 1 is 0.647 bits per heavy atom. The molecule has 0 fully saturated rings. The van der Waals surface area contributed by atoms with Gasteiger partial charge < -0.3 is 5.11 Å². The lowest BCUT2D eigenvalue weighted by Gasteiger charge is -1.94. The SMILES string of the molecule is CCCCC#CCCC#CCCCCCCO. The highest BCUT2D eigenvalue weighted by atomic mass is 16.2. The van der Waals surface area contributed by atoms with E-state index in [0.717, 1.165) is 44.9 Å². The molecular formula is C16H26O. The number of aliphatic hydroxyl groups is 1. The lowest BCUT2D eigenvalue weighted by Crippen LogP contribution is -1.82. The van der Waals surface area contributed by atoms with E-state index in [1.165, 1.54) is 19.3 Å². The van der Waals surface area contributed by atoms with Crippen molar-refractivity contribution in [3.63, 3.8) is 0 Å². The Balaban J connectivity index is 3.21. The van der Waals surface area contributed by atoms with Crippen molar-refractivity contribution in [3.8, 4) is 23.7 Å². The normalized spacial score (nSPS) is 9.06. The monoisotopic (exact) mass is 234 g/mol. The van der Waals surface area contributed by atoms with E-state index < -0.39 is 0 Å². The molecule has 0 aromatic heterocycles. The summed E-state index contributed by atoms with van der Waals surface area (Å²) in [7, 11) is 0. The number of hydrogen-bond acceptors (Lipinski definition) is 1. The predicted molar refractivity (Wildman–Crippen MR) is 74.5 cm³/mol. The van der Waals surface area contributed by atoms with Gasteiger partial charge >= 0.3 is 0 Å². The average Bonchev–Trinajstić information content (AvgIpc) is 2.35. The van der Waals surface area contributed by atoms with E-state index >= 15 is 0 Å². The average molecular weight is 234 g/mol. The zero-order chi connectivity index (χ0) is 12.6. The summed E-state index contributed by atoms with van der Waals surface area (Å²) in [5.74, 6) is 12.7. The summed E-state index contributed by atoms with van der Waals surface area (Å²) in [6, 6.07) is 0. The predicted octanol–water partition coefficient (Wildman–Crippen LogP) is 3.91. The van der Waals surface area contributed by atoms with Crippen molar-refractivity contribution < 1.29 is 5.11 Å².